The Morgan fingerprint density at radius 3 is 2.90 bits per heavy atom. The Labute approximate surface area is 176 Å². The fourth-order valence-electron chi connectivity index (χ4n) is 3.98. The van der Waals surface area contributed by atoms with Crippen LogP contribution in [0.2, 0.25) is 0 Å². The molecular formula is C23H26N4O3. The van der Waals surface area contributed by atoms with E-state index in [4.69, 9.17) is 9.47 Å². The van der Waals surface area contributed by atoms with Crippen LogP contribution in [-0.4, -0.2) is 59.0 Å². The molecule has 2 fully saturated rings. The molecular weight excluding hydrogens is 380 g/mol. The summed E-state index contributed by atoms with van der Waals surface area (Å²) in [7, 11) is 0. The second kappa shape index (κ2) is 9.59. The van der Waals surface area contributed by atoms with Crippen LogP contribution in [0.3, 0.4) is 0 Å². The molecule has 7 heteroatoms. The van der Waals surface area contributed by atoms with Crippen molar-refractivity contribution in [1.82, 2.24) is 14.8 Å². The van der Waals surface area contributed by atoms with Crippen molar-refractivity contribution in [2.75, 3.05) is 26.2 Å². The number of benzene rings is 1. The Morgan fingerprint density at radius 2 is 2.07 bits per heavy atom. The third-order valence-corrected chi connectivity index (χ3v) is 5.55. The lowest BCUT2D eigenvalue weighted by Gasteiger charge is -2.23. The Kier molecular flexibility index (Phi) is 6.45. The molecule has 1 amide bonds. The molecule has 0 unspecified atom stereocenters. The highest BCUT2D eigenvalue weighted by Crippen LogP contribution is 2.22. The van der Waals surface area contributed by atoms with Gasteiger partial charge in [0.25, 0.3) is 0 Å². The van der Waals surface area contributed by atoms with Crippen molar-refractivity contribution in [2.24, 2.45) is 0 Å². The van der Waals surface area contributed by atoms with Gasteiger partial charge in [0.05, 0.1) is 12.6 Å². The second-order valence-electron chi connectivity index (χ2n) is 7.74. The maximum atomic E-state index is 12.5. The van der Waals surface area contributed by atoms with E-state index in [1.807, 2.05) is 36.4 Å². The zero-order valence-corrected chi connectivity index (χ0v) is 16.9. The summed E-state index contributed by atoms with van der Waals surface area (Å²) in [5.41, 5.74) is 1.10. The van der Waals surface area contributed by atoms with Crippen LogP contribution in [0.15, 0.2) is 48.7 Å². The molecule has 0 saturated carbocycles. The normalized spacial score (nSPS) is 21.4. The van der Waals surface area contributed by atoms with Crippen LogP contribution in [0.5, 0.6) is 11.6 Å². The fraction of sp³-hybridized carbons (Fsp3) is 0.435. The number of carbonyl (C=O) groups is 1. The zero-order valence-electron chi connectivity index (χ0n) is 16.9. The molecule has 4 rings (SSSR count). The van der Waals surface area contributed by atoms with Gasteiger partial charge in [-0.2, -0.15) is 5.26 Å². The molecule has 1 aromatic heterocycles. The molecule has 0 N–H and O–H groups in total. The molecule has 2 saturated heterocycles. The second-order valence-corrected chi connectivity index (χ2v) is 7.74. The Balaban J connectivity index is 1.26. The van der Waals surface area contributed by atoms with Gasteiger partial charge in [-0.25, -0.2) is 4.98 Å². The molecule has 0 aliphatic carbocycles. The quantitative estimate of drug-likeness (QED) is 0.703. The van der Waals surface area contributed by atoms with Crippen LogP contribution in [0.1, 0.15) is 24.8 Å². The number of rotatable bonds is 7. The number of carbonyl (C=O) groups excluding carboxylic acids is 1. The van der Waals surface area contributed by atoms with Crippen LogP contribution in [0, 0.1) is 11.3 Å². The lowest BCUT2D eigenvalue weighted by atomic mass is 10.2. The molecule has 30 heavy (non-hydrogen) atoms. The largest absolute Gasteiger partial charge is 0.489 e. The summed E-state index contributed by atoms with van der Waals surface area (Å²) in [5.74, 6) is 1.28. The lowest BCUT2D eigenvalue weighted by Crippen LogP contribution is -2.42. The summed E-state index contributed by atoms with van der Waals surface area (Å²) < 4.78 is 11.9. The number of nitrogens with zero attached hydrogens (tertiary/aromatic N) is 4. The van der Waals surface area contributed by atoms with Crippen LogP contribution in [-0.2, 0) is 11.4 Å². The average molecular weight is 406 g/mol. The minimum Gasteiger partial charge on any atom is -0.489 e. The smallest absolute Gasteiger partial charge is 0.237 e. The number of likely N-dealkylation sites (tertiary alicyclic amines) is 2. The SMILES string of the molecule is N#C[C@@H]1CCCN1C(=O)CN1CC[C@H](Oc2cc(OCc3ccccc3)ccn2)C1. The first-order valence-electron chi connectivity index (χ1n) is 10.4. The molecule has 0 radical (unpaired) electrons. The maximum absolute atomic E-state index is 12.5. The van der Waals surface area contributed by atoms with E-state index in [0.717, 1.165) is 31.4 Å². The van der Waals surface area contributed by atoms with Gasteiger partial charge in [-0.1, -0.05) is 30.3 Å². The summed E-state index contributed by atoms with van der Waals surface area (Å²) in [6, 6.07) is 15.6. The van der Waals surface area contributed by atoms with Crippen molar-refractivity contribution >= 4 is 5.91 Å². The van der Waals surface area contributed by atoms with Gasteiger partial charge in [0, 0.05) is 31.9 Å². The molecule has 0 spiro atoms. The van der Waals surface area contributed by atoms with Crippen molar-refractivity contribution < 1.29 is 14.3 Å². The van der Waals surface area contributed by atoms with Crippen LogP contribution in [0.25, 0.3) is 0 Å². The van der Waals surface area contributed by atoms with Gasteiger partial charge < -0.3 is 14.4 Å². The van der Waals surface area contributed by atoms with E-state index in [1.54, 1.807) is 17.2 Å². The van der Waals surface area contributed by atoms with Crippen molar-refractivity contribution in [1.29, 1.82) is 5.26 Å². The lowest BCUT2D eigenvalue weighted by molar-refractivity contribution is -0.132. The molecule has 3 heterocycles. The monoisotopic (exact) mass is 406 g/mol. The topological polar surface area (TPSA) is 78.7 Å². The van der Waals surface area contributed by atoms with E-state index in [-0.39, 0.29) is 18.1 Å². The minimum absolute atomic E-state index is 0.0139. The highest BCUT2D eigenvalue weighted by Gasteiger charge is 2.32. The van der Waals surface area contributed by atoms with E-state index in [0.29, 0.717) is 37.9 Å². The number of hydrogen-bond donors (Lipinski definition) is 0. The molecule has 2 aromatic rings. The minimum atomic E-state index is -0.269. The summed E-state index contributed by atoms with van der Waals surface area (Å²) in [4.78, 5) is 20.6. The molecule has 1 aromatic carbocycles. The van der Waals surface area contributed by atoms with E-state index in [1.165, 1.54) is 0 Å². The standard InChI is InChI=1S/C23H26N4O3/c24-14-19-7-4-11-27(19)23(28)16-26-12-9-21(15-26)30-22-13-20(8-10-25-22)29-17-18-5-2-1-3-6-18/h1-3,5-6,8,10,13,19,21H,4,7,9,11-12,15-17H2/t19-,21-/m0/s1. The van der Waals surface area contributed by atoms with Gasteiger partial charge in [0.15, 0.2) is 0 Å². The van der Waals surface area contributed by atoms with Gasteiger partial charge in [-0.15, -0.1) is 0 Å². The molecule has 2 atom stereocenters. The third-order valence-electron chi connectivity index (χ3n) is 5.55. The first kappa shape index (κ1) is 20.2. The number of amides is 1. The van der Waals surface area contributed by atoms with Crippen LogP contribution >= 0.6 is 0 Å². The Hall–Kier alpha value is -3.11. The van der Waals surface area contributed by atoms with E-state index in [9.17, 15) is 10.1 Å². The van der Waals surface area contributed by atoms with Crippen LogP contribution in [0.4, 0.5) is 0 Å². The third kappa shape index (κ3) is 5.08. The zero-order chi connectivity index (χ0) is 20.8. The average Bonchev–Trinajstić information content (AvgIpc) is 3.42. The maximum Gasteiger partial charge on any atom is 0.237 e. The summed E-state index contributed by atoms with van der Waals surface area (Å²) in [5, 5.41) is 9.18. The Bertz CT molecular complexity index is 899. The van der Waals surface area contributed by atoms with Gasteiger partial charge >= 0.3 is 0 Å². The number of nitriles is 1. The van der Waals surface area contributed by atoms with Crippen molar-refractivity contribution in [3.8, 4) is 17.7 Å². The number of pyridine rings is 1. The Morgan fingerprint density at radius 1 is 1.20 bits per heavy atom. The summed E-state index contributed by atoms with van der Waals surface area (Å²) in [6.45, 7) is 2.99. The number of hydrogen-bond acceptors (Lipinski definition) is 6. The molecule has 2 aliphatic heterocycles. The van der Waals surface area contributed by atoms with E-state index >= 15 is 0 Å². The first-order valence-corrected chi connectivity index (χ1v) is 10.4. The number of aromatic nitrogens is 1. The highest BCUT2D eigenvalue weighted by atomic mass is 16.5. The van der Waals surface area contributed by atoms with Gasteiger partial charge in [-0.3, -0.25) is 9.69 Å². The predicted molar refractivity (Wildman–Crippen MR) is 111 cm³/mol. The number of ether oxygens (including phenoxy) is 2. The summed E-state index contributed by atoms with van der Waals surface area (Å²) in [6.07, 6.45) is 4.19. The molecule has 2 aliphatic rings. The first-order chi connectivity index (χ1) is 14.7. The van der Waals surface area contributed by atoms with Crippen molar-refractivity contribution in [3.63, 3.8) is 0 Å². The van der Waals surface area contributed by atoms with E-state index < -0.39 is 0 Å². The van der Waals surface area contributed by atoms with Crippen molar-refractivity contribution in [3.05, 3.63) is 54.2 Å². The molecule has 0 bridgehead atoms. The predicted octanol–water partition coefficient (Wildman–Crippen LogP) is 2.63. The summed E-state index contributed by atoms with van der Waals surface area (Å²) >= 11 is 0. The van der Waals surface area contributed by atoms with Gasteiger partial charge in [0.2, 0.25) is 11.8 Å². The van der Waals surface area contributed by atoms with Gasteiger partial charge in [0.1, 0.15) is 24.5 Å². The van der Waals surface area contributed by atoms with Gasteiger partial charge in [-0.05, 0) is 30.9 Å². The fourth-order valence-corrected chi connectivity index (χ4v) is 3.98. The highest BCUT2D eigenvalue weighted by molar-refractivity contribution is 5.79. The molecule has 7 nitrogen and oxygen atoms in total. The molecule has 156 valence electrons. The van der Waals surface area contributed by atoms with Crippen LogP contribution < -0.4 is 9.47 Å². The van der Waals surface area contributed by atoms with E-state index in [2.05, 4.69) is 16.0 Å². The van der Waals surface area contributed by atoms with Crippen molar-refractivity contribution in [2.45, 2.75) is 38.0 Å².